The molecular formula is C24H24N2O5S. The maximum absolute atomic E-state index is 13.0. The Morgan fingerprint density at radius 3 is 2.25 bits per heavy atom. The molecule has 32 heavy (non-hydrogen) atoms. The van der Waals surface area contributed by atoms with Crippen molar-refractivity contribution in [3.8, 4) is 16.9 Å². The van der Waals surface area contributed by atoms with Gasteiger partial charge in [0.2, 0.25) is 10.0 Å². The number of sulfonamides is 1. The Bertz CT molecular complexity index is 1190. The van der Waals surface area contributed by atoms with E-state index >= 15 is 0 Å². The van der Waals surface area contributed by atoms with Crippen LogP contribution in [0.25, 0.3) is 11.1 Å². The third-order valence-corrected chi connectivity index (χ3v) is 7.18. The first-order valence-corrected chi connectivity index (χ1v) is 11.7. The van der Waals surface area contributed by atoms with E-state index in [1.807, 2.05) is 42.5 Å². The topological polar surface area (TPSA) is 84.9 Å². The minimum Gasteiger partial charge on any atom is -0.495 e. The SMILES string of the molecule is COc1ccc(S(=O)(=O)N2CCOCC2)cc1NC(=O)c1ccc(-c2ccccc2)cc1. The number of ether oxygens (including phenoxy) is 2. The molecule has 8 heteroatoms. The normalized spacial score (nSPS) is 14.7. The largest absolute Gasteiger partial charge is 0.495 e. The summed E-state index contributed by atoms with van der Waals surface area (Å²) >= 11 is 0. The lowest BCUT2D eigenvalue weighted by Gasteiger charge is -2.26. The smallest absolute Gasteiger partial charge is 0.255 e. The van der Waals surface area contributed by atoms with Gasteiger partial charge in [0.15, 0.2) is 0 Å². The minimum absolute atomic E-state index is 0.0925. The lowest BCUT2D eigenvalue weighted by atomic mass is 10.0. The molecule has 0 unspecified atom stereocenters. The fraction of sp³-hybridized carbons (Fsp3) is 0.208. The highest BCUT2D eigenvalue weighted by Crippen LogP contribution is 2.30. The molecule has 3 aromatic carbocycles. The monoisotopic (exact) mass is 452 g/mol. The number of anilines is 1. The molecule has 0 radical (unpaired) electrons. The van der Waals surface area contributed by atoms with E-state index in [1.165, 1.54) is 23.5 Å². The Morgan fingerprint density at radius 1 is 0.938 bits per heavy atom. The molecule has 1 amide bonds. The predicted molar refractivity (Wildman–Crippen MR) is 122 cm³/mol. The second kappa shape index (κ2) is 9.52. The molecule has 7 nitrogen and oxygen atoms in total. The number of hydrogen-bond acceptors (Lipinski definition) is 5. The summed E-state index contributed by atoms with van der Waals surface area (Å²) < 4.78 is 37.9. The van der Waals surface area contributed by atoms with E-state index in [9.17, 15) is 13.2 Å². The lowest BCUT2D eigenvalue weighted by Crippen LogP contribution is -2.40. The van der Waals surface area contributed by atoms with Gasteiger partial charge in [-0.25, -0.2) is 8.42 Å². The number of carbonyl (C=O) groups is 1. The Morgan fingerprint density at radius 2 is 1.59 bits per heavy atom. The van der Waals surface area contributed by atoms with Gasteiger partial charge in [-0.3, -0.25) is 4.79 Å². The lowest BCUT2D eigenvalue weighted by molar-refractivity contribution is 0.0730. The van der Waals surface area contributed by atoms with Crippen LogP contribution in [-0.2, 0) is 14.8 Å². The van der Waals surface area contributed by atoms with Crippen molar-refractivity contribution < 1.29 is 22.7 Å². The third-order valence-electron chi connectivity index (χ3n) is 5.28. The van der Waals surface area contributed by atoms with E-state index in [2.05, 4.69) is 5.32 Å². The number of carbonyl (C=O) groups excluding carboxylic acids is 1. The molecule has 166 valence electrons. The first-order valence-electron chi connectivity index (χ1n) is 10.2. The van der Waals surface area contributed by atoms with Gasteiger partial charge < -0.3 is 14.8 Å². The molecule has 1 aliphatic heterocycles. The Balaban J connectivity index is 1.56. The van der Waals surface area contributed by atoms with Gasteiger partial charge in [0.1, 0.15) is 5.75 Å². The number of rotatable bonds is 6. The molecule has 1 N–H and O–H groups in total. The standard InChI is InChI=1S/C24H24N2O5S/c1-30-23-12-11-21(32(28,29)26-13-15-31-16-14-26)17-22(23)25-24(27)20-9-7-19(8-10-20)18-5-3-2-4-6-18/h2-12,17H,13-16H2,1H3,(H,25,27). The van der Waals surface area contributed by atoms with Gasteiger partial charge in [-0.2, -0.15) is 4.31 Å². The Hall–Kier alpha value is -3.20. The van der Waals surface area contributed by atoms with Gasteiger partial charge in [-0.1, -0.05) is 42.5 Å². The summed E-state index contributed by atoms with van der Waals surface area (Å²) in [5.41, 5.74) is 2.80. The molecule has 0 spiro atoms. The van der Waals surface area contributed by atoms with Crippen LogP contribution in [0, 0.1) is 0 Å². The van der Waals surface area contributed by atoms with Crippen LogP contribution in [-0.4, -0.2) is 52.0 Å². The predicted octanol–water partition coefficient (Wildman–Crippen LogP) is 3.64. The van der Waals surface area contributed by atoms with E-state index in [0.29, 0.717) is 43.3 Å². The molecule has 0 atom stereocenters. The van der Waals surface area contributed by atoms with Crippen molar-refractivity contribution in [2.75, 3.05) is 38.7 Å². The van der Waals surface area contributed by atoms with Crippen LogP contribution >= 0.6 is 0 Å². The average molecular weight is 453 g/mol. The third kappa shape index (κ3) is 4.67. The van der Waals surface area contributed by atoms with Crippen LogP contribution in [0.15, 0.2) is 77.7 Å². The van der Waals surface area contributed by atoms with Crippen molar-refractivity contribution >= 4 is 21.6 Å². The van der Waals surface area contributed by atoms with Crippen molar-refractivity contribution in [2.24, 2.45) is 0 Å². The fourth-order valence-corrected chi connectivity index (χ4v) is 4.96. The number of methoxy groups -OCH3 is 1. The average Bonchev–Trinajstić information content (AvgIpc) is 2.85. The van der Waals surface area contributed by atoms with Gasteiger partial charge in [0.25, 0.3) is 5.91 Å². The van der Waals surface area contributed by atoms with Gasteiger partial charge >= 0.3 is 0 Å². The molecular weight excluding hydrogens is 428 g/mol. The highest BCUT2D eigenvalue weighted by atomic mass is 32.2. The van der Waals surface area contributed by atoms with Crippen molar-refractivity contribution in [1.82, 2.24) is 4.31 Å². The number of amides is 1. The van der Waals surface area contributed by atoms with Gasteiger partial charge in [0.05, 0.1) is 30.9 Å². The molecule has 1 fully saturated rings. The number of hydrogen-bond donors (Lipinski definition) is 1. The number of nitrogens with zero attached hydrogens (tertiary/aromatic N) is 1. The van der Waals surface area contributed by atoms with Gasteiger partial charge in [-0.05, 0) is 41.5 Å². The molecule has 0 saturated carbocycles. The zero-order chi connectivity index (χ0) is 22.6. The Labute approximate surface area is 187 Å². The van der Waals surface area contributed by atoms with E-state index < -0.39 is 10.0 Å². The summed E-state index contributed by atoms with van der Waals surface area (Å²) in [6.07, 6.45) is 0. The zero-order valence-electron chi connectivity index (χ0n) is 17.7. The van der Waals surface area contributed by atoms with Crippen LogP contribution in [0.4, 0.5) is 5.69 Å². The molecule has 0 aliphatic carbocycles. The molecule has 0 aromatic heterocycles. The van der Waals surface area contributed by atoms with Crippen molar-refractivity contribution in [3.63, 3.8) is 0 Å². The highest BCUT2D eigenvalue weighted by Gasteiger charge is 2.27. The van der Waals surface area contributed by atoms with E-state index in [-0.39, 0.29) is 10.8 Å². The quantitative estimate of drug-likeness (QED) is 0.617. The summed E-state index contributed by atoms with van der Waals surface area (Å²) in [6.45, 7) is 1.31. The maximum Gasteiger partial charge on any atom is 0.255 e. The first kappa shape index (κ1) is 22.0. The highest BCUT2D eigenvalue weighted by molar-refractivity contribution is 7.89. The van der Waals surface area contributed by atoms with E-state index in [0.717, 1.165) is 11.1 Å². The zero-order valence-corrected chi connectivity index (χ0v) is 18.5. The van der Waals surface area contributed by atoms with Crippen molar-refractivity contribution in [3.05, 3.63) is 78.4 Å². The number of morpholine rings is 1. The first-order chi connectivity index (χ1) is 15.5. The van der Waals surface area contributed by atoms with Crippen LogP contribution < -0.4 is 10.1 Å². The van der Waals surface area contributed by atoms with E-state index in [4.69, 9.17) is 9.47 Å². The van der Waals surface area contributed by atoms with Crippen LogP contribution in [0.3, 0.4) is 0 Å². The maximum atomic E-state index is 13.0. The Kier molecular flexibility index (Phi) is 6.55. The summed E-state index contributed by atoms with van der Waals surface area (Å²) in [7, 11) is -2.23. The van der Waals surface area contributed by atoms with Crippen LogP contribution in [0.5, 0.6) is 5.75 Å². The van der Waals surface area contributed by atoms with Crippen LogP contribution in [0.1, 0.15) is 10.4 Å². The molecule has 1 heterocycles. The molecule has 1 saturated heterocycles. The van der Waals surface area contributed by atoms with Crippen LogP contribution in [0.2, 0.25) is 0 Å². The summed E-state index contributed by atoms with van der Waals surface area (Å²) in [5.74, 6) is 0.0176. The van der Waals surface area contributed by atoms with Crippen molar-refractivity contribution in [2.45, 2.75) is 4.90 Å². The summed E-state index contributed by atoms with van der Waals surface area (Å²) in [4.78, 5) is 12.9. The summed E-state index contributed by atoms with van der Waals surface area (Å²) in [5, 5.41) is 2.78. The minimum atomic E-state index is -3.70. The van der Waals surface area contributed by atoms with Gasteiger partial charge in [-0.15, -0.1) is 0 Å². The second-order valence-electron chi connectivity index (χ2n) is 7.28. The second-order valence-corrected chi connectivity index (χ2v) is 9.21. The van der Waals surface area contributed by atoms with Crippen molar-refractivity contribution in [1.29, 1.82) is 0 Å². The number of benzene rings is 3. The molecule has 0 bridgehead atoms. The fourth-order valence-electron chi connectivity index (χ4n) is 3.52. The number of nitrogens with one attached hydrogen (secondary N) is 1. The van der Waals surface area contributed by atoms with E-state index in [1.54, 1.807) is 18.2 Å². The molecule has 1 aliphatic rings. The summed E-state index contributed by atoms with van der Waals surface area (Å²) in [6, 6.07) is 21.5. The molecule has 4 rings (SSSR count). The van der Waals surface area contributed by atoms with Gasteiger partial charge in [0, 0.05) is 18.7 Å². The molecule has 3 aromatic rings.